The van der Waals surface area contributed by atoms with E-state index in [0.29, 0.717) is 0 Å². The van der Waals surface area contributed by atoms with Crippen molar-refractivity contribution in [3.63, 3.8) is 0 Å². The second kappa shape index (κ2) is 4.78. The van der Waals surface area contributed by atoms with E-state index in [1.165, 1.54) is 6.07 Å². The summed E-state index contributed by atoms with van der Waals surface area (Å²) in [5.41, 5.74) is 0.0135. The SMILES string of the molecule is N#CCC#Cc1ccc(F)cc1C(=O)O. The third-order valence-corrected chi connectivity index (χ3v) is 1.60. The number of benzene rings is 1. The number of aromatic carboxylic acids is 1. The molecular weight excluding hydrogens is 197 g/mol. The maximum absolute atomic E-state index is 12.7. The minimum Gasteiger partial charge on any atom is -0.478 e. The highest BCUT2D eigenvalue weighted by Gasteiger charge is 2.09. The summed E-state index contributed by atoms with van der Waals surface area (Å²) in [5.74, 6) is 3.11. The number of hydrogen-bond donors (Lipinski definition) is 1. The van der Waals surface area contributed by atoms with Crippen LogP contribution in [0.1, 0.15) is 22.3 Å². The Morgan fingerprint density at radius 1 is 1.53 bits per heavy atom. The molecule has 15 heavy (non-hydrogen) atoms. The molecule has 0 fully saturated rings. The van der Waals surface area contributed by atoms with Crippen molar-refractivity contribution >= 4 is 5.97 Å². The summed E-state index contributed by atoms with van der Waals surface area (Å²) in [6.45, 7) is 0. The van der Waals surface area contributed by atoms with Gasteiger partial charge in [-0.1, -0.05) is 11.8 Å². The van der Waals surface area contributed by atoms with E-state index in [9.17, 15) is 9.18 Å². The van der Waals surface area contributed by atoms with Crippen LogP contribution in [0.5, 0.6) is 0 Å². The molecule has 0 heterocycles. The molecule has 4 heteroatoms. The van der Waals surface area contributed by atoms with E-state index < -0.39 is 11.8 Å². The quantitative estimate of drug-likeness (QED) is 0.708. The zero-order valence-electron chi connectivity index (χ0n) is 7.62. The molecule has 74 valence electrons. The Balaban J connectivity index is 3.15. The first-order valence-electron chi connectivity index (χ1n) is 4.04. The van der Waals surface area contributed by atoms with Crippen LogP contribution in [0.3, 0.4) is 0 Å². The fourth-order valence-corrected chi connectivity index (χ4v) is 0.981. The number of rotatable bonds is 1. The number of carboxylic acid groups (broad SMARTS) is 1. The monoisotopic (exact) mass is 203 g/mol. The third-order valence-electron chi connectivity index (χ3n) is 1.60. The summed E-state index contributed by atoms with van der Waals surface area (Å²) in [5, 5.41) is 17.0. The smallest absolute Gasteiger partial charge is 0.337 e. The molecular formula is C11H6FNO2. The van der Waals surface area contributed by atoms with Gasteiger partial charge in [-0.3, -0.25) is 0 Å². The number of nitriles is 1. The van der Waals surface area contributed by atoms with Gasteiger partial charge in [0.1, 0.15) is 5.82 Å². The minimum absolute atomic E-state index is 0.0104. The molecule has 0 saturated carbocycles. The van der Waals surface area contributed by atoms with Gasteiger partial charge in [-0.15, -0.1) is 0 Å². The van der Waals surface area contributed by atoms with Crippen LogP contribution >= 0.6 is 0 Å². The first kappa shape index (κ1) is 10.7. The molecule has 0 bridgehead atoms. The number of halogens is 1. The van der Waals surface area contributed by atoms with Crippen molar-refractivity contribution < 1.29 is 14.3 Å². The molecule has 0 unspecified atom stereocenters. The van der Waals surface area contributed by atoms with E-state index in [1.54, 1.807) is 6.07 Å². The second-order valence-electron chi connectivity index (χ2n) is 2.63. The van der Waals surface area contributed by atoms with Gasteiger partial charge in [0.05, 0.1) is 18.1 Å². The Morgan fingerprint density at radius 3 is 2.87 bits per heavy atom. The fourth-order valence-electron chi connectivity index (χ4n) is 0.981. The Labute approximate surface area is 85.8 Å². The molecule has 0 aliphatic carbocycles. The van der Waals surface area contributed by atoms with Crippen molar-refractivity contribution in [3.05, 3.63) is 35.1 Å². The van der Waals surface area contributed by atoms with Gasteiger partial charge in [0, 0.05) is 5.56 Å². The van der Waals surface area contributed by atoms with E-state index in [-0.39, 0.29) is 17.5 Å². The topological polar surface area (TPSA) is 61.1 Å². The lowest BCUT2D eigenvalue weighted by atomic mass is 10.1. The predicted octanol–water partition coefficient (Wildman–Crippen LogP) is 1.79. The maximum Gasteiger partial charge on any atom is 0.337 e. The zero-order chi connectivity index (χ0) is 11.3. The Bertz CT molecular complexity index is 492. The molecule has 0 atom stereocenters. The van der Waals surface area contributed by atoms with Gasteiger partial charge in [-0.25, -0.2) is 9.18 Å². The molecule has 0 radical (unpaired) electrons. The fraction of sp³-hybridized carbons (Fsp3) is 0.0909. The van der Waals surface area contributed by atoms with Gasteiger partial charge in [-0.05, 0) is 18.2 Å². The standard InChI is InChI=1S/C11H6FNO2/c12-9-5-4-8(3-1-2-6-13)10(7-9)11(14)15/h4-5,7H,2H2,(H,14,15). The summed E-state index contributed by atoms with van der Waals surface area (Å²) >= 11 is 0. The molecule has 1 N–H and O–H groups in total. The highest BCUT2D eigenvalue weighted by molar-refractivity contribution is 5.90. The van der Waals surface area contributed by atoms with Crippen LogP contribution in [0.2, 0.25) is 0 Å². The van der Waals surface area contributed by atoms with Crippen LogP contribution < -0.4 is 0 Å². The van der Waals surface area contributed by atoms with Gasteiger partial charge in [-0.2, -0.15) is 5.26 Å². The van der Waals surface area contributed by atoms with Crippen LogP contribution in [0.4, 0.5) is 4.39 Å². The average Bonchev–Trinajstić information content (AvgIpc) is 2.20. The van der Waals surface area contributed by atoms with Crippen LogP contribution in [0, 0.1) is 29.0 Å². The molecule has 0 spiro atoms. The van der Waals surface area contributed by atoms with Crippen molar-refractivity contribution in [3.8, 4) is 17.9 Å². The lowest BCUT2D eigenvalue weighted by Gasteiger charge is -1.98. The van der Waals surface area contributed by atoms with Crippen molar-refractivity contribution in [1.82, 2.24) is 0 Å². The summed E-state index contributed by atoms with van der Waals surface area (Å²) in [6.07, 6.45) is 0.0104. The zero-order valence-corrected chi connectivity index (χ0v) is 7.62. The van der Waals surface area contributed by atoms with Crippen molar-refractivity contribution in [2.75, 3.05) is 0 Å². The molecule has 1 aromatic carbocycles. The normalized spacial score (nSPS) is 8.53. The summed E-state index contributed by atoms with van der Waals surface area (Å²) < 4.78 is 12.7. The minimum atomic E-state index is -1.24. The van der Waals surface area contributed by atoms with E-state index in [4.69, 9.17) is 10.4 Å². The lowest BCUT2D eigenvalue weighted by molar-refractivity contribution is 0.0696. The van der Waals surface area contributed by atoms with Gasteiger partial charge in [0.2, 0.25) is 0 Å². The number of carboxylic acids is 1. The van der Waals surface area contributed by atoms with E-state index in [1.807, 2.05) is 0 Å². The number of nitrogens with zero attached hydrogens (tertiary/aromatic N) is 1. The van der Waals surface area contributed by atoms with Crippen molar-refractivity contribution in [1.29, 1.82) is 5.26 Å². The van der Waals surface area contributed by atoms with Crippen LogP contribution in [-0.4, -0.2) is 11.1 Å². The third kappa shape index (κ3) is 2.82. The molecule has 0 aliphatic heterocycles. The summed E-state index contributed by atoms with van der Waals surface area (Å²) in [6, 6.07) is 5.11. The van der Waals surface area contributed by atoms with Gasteiger partial charge in [0.15, 0.2) is 0 Å². The van der Waals surface area contributed by atoms with Crippen LogP contribution in [0.15, 0.2) is 18.2 Å². The molecule has 1 rings (SSSR count). The summed E-state index contributed by atoms with van der Waals surface area (Å²) in [7, 11) is 0. The summed E-state index contributed by atoms with van der Waals surface area (Å²) in [4.78, 5) is 10.7. The Kier molecular flexibility index (Phi) is 3.43. The first-order chi connectivity index (χ1) is 7.15. The molecule has 3 nitrogen and oxygen atoms in total. The van der Waals surface area contributed by atoms with Crippen molar-refractivity contribution in [2.45, 2.75) is 6.42 Å². The molecule has 0 saturated heterocycles. The lowest BCUT2D eigenvalue weighted by Crippen LogP contribution is -2.00. The Morgan fingerprint density at radius 2 is 2.27 bits per heavy atom. The number of carbonyl (C=O) groups is 1. The largest absolute Gasteiger partial charge is 0.478 e. The molecule has 0 amide bonds. The van der Waals surface area contributed by atoms with Crippen LogP contribution in [-0.2, 0) is 0 Å². The molecule has 0 aromatic heterocycles. The Hall–Kier alpha value is -2.33. The molecule has 1 aromatic rings. The first-order valence-corrected chi connectivity index (χ1v) is 4.04. The van der Waals surface area contributed by atoms with Gasteiger partial charge >= 0.3 is 5.97 Å². The highest BCUT2D eigenvalue weighted by Crippen LogP contribution is 2.10. The second-order valence-corrected chi connectivity index (χ2v) is 2.63. The van der Waals surface area contributed by atoms with Crippen LogP contribution in [0.25, 0.3) is 0 Å². The van der Waals surface area contributed by atoms with Crippen molar-refractivity contribution in [2.24, 2.45) is 0 Å². The van der Waals surface area contributed by atoms with E-state index in [2.05, 4.69) is 11.8 Å². The molecule has 0 aliphatic rings. The average molecular weight is 203 g/mol. The maximum atomic E-state index is 12.7. The predicted molar refractivity (Wildman–Crippen MR) is 50.5 cm³/mol. The van der Waals surface area contributed by atoms with Gasteiger partial charge < -0.3 is 5.11 Å². The highest BCUT2D eigenvalue weighted by atomic mass is 19.1. The number of hydrogen-bond acceptors (Lipinski definition) is 2. The van der Waals surface area contributed by atoms with E-state index in [0.717, 1.165) is 12.1 Å². The van der Waals surface area contributed by atoms with E-state index >= 15 is 0 Å². The van der Waals surface area contributed by atoms with Gasteiger partial charge in [0.25, 0.3) is 0 Å².